The van der Waals surface area contributed by atoms with Gasteiger partial charge >= 0.3 is 12.1 Å². The van der Waals surface area contributed by atoms with Crippen LogP contribution in [0.25, 0.3) is 0 Å². The summed E-state index contributed by atoms with van der Waals surface area (Å²) in [6, 6.07) is 3.17. The second-order valence-corrected chi connectivity index (χ2v) is 5.25. The fourth-order valence-electron chi connectivity index (χ4n) is 2.01. The van der Waals surface area contributed by atoms with Gasteiger partial charge in [0.2, 0.25) is 0 Å². The van der Waals surface area contributed by atoms with Crippen molar-refractivity contribution in [1.82, 2.24) is 9.78 Å². The first-order chi connectivity index (χ1) is 12.0. The fourth-order valence-corrected chi connectivity index (χ4v) is 2.31. The van der Waals surface area contributed by atoms with Gasteiger partial charge in [-0.25, -0.2) is 0 Å². The third kappa shape index (κ3) is 4.14. The van der Waals surface area contributed by atoms with Gasteiger partial charge in [-0.1, -0.05) is 11.6 Å². The summed E-state index contributed by atoms with van der Waals surface area (Å²) in [5.41, 5.74) is -1.86. The summed E-state index contributed by atoms with van der Waals surface area (Å²) in [4.78, 5) is 20.8. The van der Waals surface area contributed by atoms with Gasteiger partial charge < -0.3 is 15.2 Å². The number of aromatic nitrogens is 2. The first-order valence-corrected chi connectivity index (χ1v) is 7.10. The minimum absolute atomic E-state index is 0.128. The number of carbonyl (C=O) groups is 1. The monoisotopic (exact) mass is 394 g/mol. The van der Waals surface area contributed by atoms with Crippen molar-refractivity contribution in [2.75, 3.05) is 11.9 Å². The smallest absolute Gasteiger partial charge is 0.434 e. The van der Waals surface area contributed by atoms with E-state index in [1.807, 2.05) is 0 Å². The third-order valence-corrected chi connectivity index (χ3v) is 3.38. The number of nitrogens with zero attached hydrogens (tertiary/aromatic N) is 3. The van der Waals surface area contributed by atoms with Crippen LogP contribution in [-0.2, 0) is 18.0 Å². The molecule has 9 nitrogen and oxygen atoms in total. The highest BCUT2D eigenvalue weighted by Gasteiger charge is 2.39. The quantitative estimate of drug-likeness (QED) is 0.569. The molecule has 140 valence electrons. The maximum Gasteiger partial charge on any atom is 0.434 e. The summed E-state index contributed by atoms with van der Waals surface area (Å²) < 4.78 is 44.4. The Hall–Kier alpha value is -3.02. The SMILES string of the molecule is Cn1nc(Oc2ccc([N+](=O)[O-])c(NCC(=O)O)c2)c(Cl)c1C(F)(F)F. The molecular weight excluding hydrogens is 385 g/mol. The number of ether oxygens (including phenoxy) is 1. The molecule has 0 atom stereocenters. The van der Waals surface area contributed by atoms with Gasteiger partial charge in [0.05, 0.1) is 4.92 Å². The number of aryl methyl sites for hydroxylation is 1. The first kappa shape index (κ1) is 19.3. The van der Waals surface area contributed by atoms with Crippen LogP contribution in [0.5, 0.6) is 11.6 Å². The number of carboxylic acids is 1. The lowest BCUT2D eigenvalue weighted by atomic mass is 10.2. The number of hydrogen-bond donors (Lipinski definition) is 2. The van der Waals surface area contributed by atoms with E-state index in [0.29, 0.717) is 4.68 Å². The van der Waals surface area contributed by atoms with Crippen LogP contribution < -0.4 is 10.1 Å². The molecule has 0 radical (unpaired) electrons. The summed E-state index contributed by atoms with van der Waals surface area (Å²) in [6.45, 7) is -0.618. The molecule has 0 aliphatic carbocycles. The van der Waals surface area contributed by atoms with Gasteiger partial charge in [0.25, 0.3) is 11.6 Å². The van der Waals surface area contributed by atoms with E-state index < -0.39 is 45.9 Å². The number of hydrogen-bond acceptors (Lipinski definition) is 6. The number of rotatable bonds is 6. The summed E-state index contributed by atoms with van der Waals surface area (Å²) in [5, 5.41) is 24.7. The van der Waals surface area contributed by atoms with Gasteiger partial charge in [-0.3, -0.25) is 19.6 Å². The number of aliphatic carboxylic acids is 1. The van der Waals surface area contributed by atoms with E-state index in [0.717, 1.165) is 25.2 Å². The standard InChI is InChI=1S/C13H10ClF3N4O5/c1-20-11(13(15,16)17)10(14)12(19-20)26-6-2-3-8(21(24)25)7(4-6)18-5-9(22)23/h2-4,18H,5H2,1H3,(H,22,23). The number of anilines is 1. The van der Waals surface area contributed by atoms with E-state index in [1.165, 1.54) is 0 Å². The molecule has 26 heavy (non-hydrogen) atoms. The van der Waals surface area contributed by atoms with E-state index in [2.05, 4.69) is 10.4 Å². The Morgan fingerprint density at radius 3 is 2.65 bits per heavy atom. The van der Waals surface area contributed by atoms with Crippen LogP contribution in [0.1, 0.15) is 5.69 Å². The molecule has 1 aromatic heterocycles. The Bertz CT molecular complexity index is 868. The molecule has 0 saturated heterocycles. The number of nitro groups is 1. The van der Waals surface area contributed by atoms with Gasteiger partial charge in [0.15, 0.2) is 5.69 Å². The number of alkyl halides is 3. The van der Waals surface area contributed by atoms with E-state index >= 15 is 0 Å². The molecule has 2 rings (SSSR count). The first-order valence-electron chi connectivity index (χ1n) is 6.72. The van der Waals surface area contributed by atoms with E-state index in [1.54, 1.807) is 0 Å². The number of carboxylic acid groups (broad SMARTS) is 1. The Labute approximate surface area is 148 Å². The molecule has 0 aliphatic rings. The number of nitro benzene ring substituents is 1. The minimum Gasteiger partial charge on any atom is -0.480 e. The third-order valence-electron chi connectivity index (χ3n) is 3.04. The Morgan fingerprint density at radius 1 is 1.50 bits per heavy atom. The highest BCUT2D eigenvalue weighted by Crippen LogP contribution is 2.41. The number of nitrogens with one attached hydrogen (secondary N) is 1. The predicted octanol–water partition coefficient (Wildman–Crippen LogP) is 3.29. The largest absolute Gasteiger partial charge is 0.480 e. The van der Waals surface area contributed by atoms with Crippen molar-refractivity contribution in [2.45, 2.75) is 6.18 Å². The van der Waals surface area contributed by atoms with E-state index in [-0.39, 0.29) is 11.4 Å². The molecule has 0 saturated carbocycles. The van der Waals surface area contributed by atoms with Crippen LogP contribution >= 0.6 is 11.6 Å². The molecular formula is C13H10ClF3N4O5. The summed E-state index contributed by atoms with van der Waals surface area (Å²) in [5.74, 6) is -1.95. The van der Waals surface area contributed by atoms with Crippen molar-refractivity contribution >= 4 is 28.9 Å². The molecule has 2 aromatic rings. The fraction of sp³-hybridized carbons (Fsp3) is 0.231. The van der Waals surface area contributed by atoms with Crippen LogP contribution in [0.4, 0.5) is 24.5 Å². The molecule has 0 bridgehead atoms. The van der Waals surface area contributed by atoms with Crippen molar-refractivity contribution in [3.05, 3.63) is 39.0 Å². The lowest BCUT2D eigenvalue weighted by Gasteiger charge is -2.08. The average molecular weight is 395 g/mol. The maximum absolute atomic E-state index is 12.9. The Balaban J connectivity index is 2.37. The molecule has 0 unspecified atom stereocenters. The van der Waals surface area contributed by atoms with Crippen molar-refractivity contribution in [1.29, 1.82) is 0 Å². The van der Waals surface area contributed by atoms with Gasteiger partial charge in [-0.15, -0.1) is 5.10 Å². The zero-order valence-electron chi connectivity index (χ0n) is 12.9. The van der Waals surface area contributed by atoms with Crippen molar-refractivity contribution in [3.8, 4) is 11.6 Å². The van der Waals surface area contributed by atoms with Crippen molar-refractivity contribution < 1.29 is 32.7 Å². The topological polar surface area (TPSA) is 120 Å². The van der Waals surface area contributed by atoms with E-state index in [9.17, 15) is 28.1 Å². The second-order valence-electron chi connectivity index (χ2n) is 4.87. The predicted molar refractivity (Wildman–Crippen MR) is 82.5 cm³/mol. The molecule has 0 spiro atoms. The molecule has 0 amide bonds. The van der Waals surface area contributed by atoms with Gasteiger partial charge in [0, 0.05) is 19.2 Å². The van der Waals surface area contributed by atoms with Crippen LogP contribution in [0.3, 0.4) is 0 Å². The van der Waals surface area contributed by atoms with E-state index in [4.69, 9.17) is 21.4 Å². The molecule has 0 fully saturated rings. The molecule has 1 heterocycles. The molecule has 2 N–H and O–H groups in total. The molecule has 13 heteroatoms. The Morgan fingerprint density at radius 2 is 2.15 bits per heavy atom. The van der Waals surface area contributed by atoms with Crippen LogP contribution in [0, 0.1) is 10.1 Å². The second kappa shape index (κ2) is 7.07. The van der Waals surface area contributed by atoms with Crippen LogP contribution in [-0.4, -0.2) is 32.3 Å². The molecule has 1 aromatic carbocycles. The molecule has 0 aliphatic heterocycles. The summed E-state index contributed by atoms with van der Waals surface area (Å²) in [6.07, 6.45) is -4.76. The summed E-state index contributed by atoms with van der Waals surface area (Å²) >= 11 is 5.66. The number of halogens is 4. The Kier molecular flexibility index (Phi) is 5.25. The normalized spacial score (nSPS) is 11.3. The maximum atomic E-state index is 12.9. The number of benzene rings is 1. The lowest BCUT2D eigenvalue weighted by Crippen LogP contribution is -2.13. The van der Waals surface area contributed by atoms with Gasteiger partial charge in [-0.2, -0.15) is 13.2 Å². The van der Waals surface area contributed by atoms with Crippen LogP contribution in [0.15, 0.2) is 18.2 Å². The van der Waals surface area contributed by atoms with Crippen LogP contribution in [0.2, 0.25) is 5.02 Å². The zero-order valence-corrected chi connectivity index (χ0v) is 13.6. The summed E-state index contributed by atoms with van der Waals surface area (Å²) in [7, 11) is 1.03. The minimum atomic E-state index is -4.76. The van der Waals surface area contributed by atoms with Crippen molar-refractivity contribution in [2.24, 2.45) is 7.05 Å². The van der Waals surface area contributed by atoms with Gasteiger partial charge in [0.1, 0.15) is 23.0 Å². The lowest BCUT2D eigenvalue weighted by molar-refractivity contribution is -0.384. The zero-order chi connectivity index (χ0) is 19.6. The highest BCUT2D eigenvalue weighted by molar-refractivity contribution is 6.32. The average Bonchev–Trinajstić information content (AvgIpc) is 2.78. The highest BCUT2D eigenvalue weighted by atomic mass is 35.5. The van der Waals surface area contributed by atoms with Gasteiger partial charge in [-0.05, 0) is 6.07 Å². The van der Waals surface area contributed by atoms with Crippen molar-refractivity contribution in [3.63, 3.8) is 0 Å².